The zero-order valence-corrected chi connectivity index (χ0v) is 18.7. The number of Topliss-reactive ketones (excluding diaryl/α,β-unsaturated/α-hetero) is 1. The molecule has 0 aliphatic carbocycles. The molecule has 2 aromatic carbocycles. The summed E-state index contributed by atoms with van der Waals surface area (Å²) in [6.45, 7) is 4.09. The molecule has 28 heavy (non-hydrogen) atoms. The molecule has 0 atom stereocenters. The first-order chi connectivity index (χ1) is 13.7. The standard InChI is InChI=1S/C23H30N2OS2/c1-4-5-13-22(26)20-15-19-12-9-14-24(17-18-10-7-6-8-11-18)23(19)21(16-20)25(27-2)28-3/h6-8,10-11,15-16H,4-5,9,12-14,17H2,1-3H3. The smallest absolute Gasteiger partial charge is 0.162 e. The van der Waals surface area contributed by atoms with Crippen molar-refractivity contribution in [3.05, 3.63) is 59.2 Å². The first-order valence-corrected chi connectivity index (χ1v) is 12.4. The summed E-state index contributed by atoms with van der Waals surface area (Å²) in [5.74, 6) is 0.272. The average Bonchev–Trinajstić information content (AvgIpc) is 2.73. The SMILES string of the molecule is CCCCC(=O)c1cc2c(c(N(SC)SC)c1)N(Cc1ccccc1)CCC2. The van der Waals surface area contributed by atoms with Crippen LogP contribution in [0.4, 0.5) is 11.4 Å². The van der Waals surface area contributed by atoms with Gasteiger partial charge >= 0.3 is 0 Å². The summed E-state index contributed by atoms with van der Waals surface area (Å²) < 4.78 is 2.23. The first-order valence-electron chi connectivity index (χ1n) is 10.0. The Hall–Kier alpha value is -1.59. The molecular formula is C23H30N2OS2. The summed E-state index contributed by atoms with van der Waals surface area (Å²) in [7, 11) is 0. The molecule has 1 aliphatic rings. The van der Waals surface area contributed by atoms with Gasteiger partial charge in [-0.3, -0.25) is 8.51 Å². The minimum atomic E-state index is 0.272. The second-order valence-electron chi connectivity index (χ2n) is 7.16. The Kier molecular flexibility index (Phi) is 7.74. The summed E-state index contributed by atoms with van der Waals surface area (Å²) in [6.07, 6.45) is 9.01. The van der Waals surface area contributed by atoms with E-state index < -0.39 is 0 Å². The third kappa shape index (κ3) is 4.87. The number of nitrogens with zero attached hydrogens (tertiary/aromatic N) is 2. The average molecular weight is 415 g/mol. The number of ketones is 1. The lowest BCUT2D eigenvalue weighted by molar-refractivity contribution is 0.0979. The highest BCUT2D eigenvalue weighted by molar-refractivity contribution is 8.17. The minimum absolute atomic E-state index is 0.272. The Balaban J connectivity index is 2.02. The Morgan fingerprint density at radius 3 is 2.57 bits per heavy atom. The molecule has 0 radical (unpaired) electrons. The number of hydrogen-bond acceptors (Lipinski definition) is 5. The molecular weight excluding hydrogens is 384 g/mol. The molecule has 3 rings (SSSR count). The molecule has 0 fully saturated rings. The number of rotatable bonds is 9. The quantitative estimate of drug-likeness (QED) is 0.350. The van der Waals surface area contributed by atoms with Crippen molar-refractivity contribution in [2.45, 2.75) is 45.6 Å². The van der Waals surface area contributed by atoms with Gasteiger partial charge < -0.3 is 4.90 Å². The Bertz CT molecular complexity index is 791. The number of unbranched alkanes of at least 4 members (excludes halogenated alkanes) is 1. The topological polar surface area (TPSA) is 23.6 Å². The minimum Gasteiger partial charge on any atom is -0.365 e. The van der Waals surface area contributed by atoms with E-state index in [9.17, 15) is 4.79 Å². The van der Waals surface area contributed by atoms with Crippen LogP contribution in [0, 0.1) is 0 Å². The molecule has 0 spiro atoms. The molecule has 3 nitrogen and oxygen atoms in total. The number of benzene rings is 2. The van der Waals surface area contributed by atoms with E-state index in [0.29, 0.717) is 6.42 Å². The van der Waals surface area contributed by atoms with Crippen LogP contribution in [0.15, 0.2) is 42.5 Å². The number of hydrogen-bond donors (Lipinski definition) is 0. The summed E-state index contributed by atoms with van der Waals surface area (Å²) in [5, 5.41) is 0. The maximum Gasteiger partial charge on any atom is 0.162 e. The van der Waals surface area contributed by atoms with Crippen molar-refractivity contribution < 1.29 is 4.79 Å². The lowest BCUT2D eigenvalue weighted by Gasteiger charge is -2.36. The largest absolute Gasteiger partial charge is 0.365 e. The van der Waals surface area contributed by atoms with E-state index in [-0.39, 0.29) is 5.78 Å². The maximum atomic E-state index is 12.8. The number of aryl methyl sites for hydroxylation is 1. The molecule has 1 heterocycles. The molecule has 0 saturated heterocycles. The van der Waals surface area contributed by atoms with Gasteiger partial charge in [0.05, 0.1) is 11.4 Å². The maximum absolute atomic E-state index is 12.8. The normalized spacial score (nSPS) is 13.3. The van der Waals surface area contributed by atoms with Crippen molar-refractivity contribution in [1.29, 1.82) is 0 Å². The molecule has 1 aliphatic heterocycles. The van der Waals surface area contributed by atoms with E-state index in [1.165, 1.54) is 16.8 Å². The number of anilines is 2. The molecule has 0 saturated carbocycles. The number of carbonyl (C=O) groups is 1. The van der Waals surface area contributed by atoms with Crippen LogP contribution in [0.5, 0.6) is 0 Å². The predicted molar refractivity (Wildman–Crippen MR) is 126 cm³/mol. The van der Waals surface area contributed by atoms with Gasteiger partial charge in [-0.2, -0.15) is 0 Å². The highest BCUT2D eigenvalue weighted by atomic mass is 32.2. The van der Waals surface area contributed by atoms with Crippen molar-refractivity contribution in [3.63, 3.8) is 0 Å². The van der Waals surface area contributed by atoms with Crippen LogP contribution in [0.25, 0.3) is 0 Å². The van der Waals surface area contributed by atoms with Crippen LogP contribution >= 0.6 is 23.9 Å². The van der Waals surface area contributed by atoms with Gasteiger partial charge in [0.15, 0.2) is 5.78 Å². The van der Waals surface area contributed by atoms with E-state index in [1.54, 1.807) is 23.9 Å². The van der Waals surface area contributed by atoms with Crippen molar-refractivity contribution in [2.75, 3.05) is 27.7 Å². The van der Waals surface area contributed by atoms with Crippen LogP contribution in [-0.4, -0.2) is 24.8 Å². The van der Waals surface area contributed by atoms with Gasteiger partial charge in [0.1, 0.15) is 0 Å². The fourth-order valence-electron chi connectivity index (χ4n) is 3.82. The van der Waals surface area contributed by atoms with Crippen LogP contribution in [0.2, 0.25) is 0 Å². The number of carbonyl (C=O) groups excluding carboxylic acids is 1. The lowest BCUT2D eigenvalue weighted by Crippen LogP contribution is -2.30. The molecule has 0 N–H and O–H groups in total. The first kappa shape index (κ1) is 21.1. The third-order valence-corrected chi connectivity index (χ3v) is 7.13. The second-order valence-corrected chi connectivity index (χ2v) is 8.85. The molecule has 2 aromatic rings. The highest BCUT2D eigenvalue weighted by Crippen LogP contribution is 2.43. The fourth-order valence-corrected chi connectivity index (χ4v) is 5.09. The van der Waals surface area contributed by atoms with E-state index in [0.717, 1.165) is 50.0 Å². The predicted octanol–water partition coefficient (Wildman–Crippen LogP) is 6.37. The third-order valence-electron chi connectivity index (χ3n) is 5.18. The van der Waals surface area contributed by atoms with Crippen molar-refractivity contribution in [2.24, 2.45) is 0 Å². The van der Waals surface area contributed by atoms with E-state index >= 15 is 0 Å². The number of fused-ring (bicyclic) bond motifs is 1. The van der Waals surface area contributed by atoms with Crippen molar-refractivity contribution >= 4 is 41.1 Å². The summed E-state index contributed by atoms with van der Waals surface area (Å²) in [5.41, 5.74) is 5.97. The van der Waals surface area contributed by atoms with Gasteiger partial charge in [-0.05, 0) is 66.4 Å². The van der Waals surface area contributed by atoms with Crippen LogP contribution in [0.3, 0.4) is 0 Å². The van der Waals surface area contributed by atoms with Crippen LogP contribution in [-0.2, 0) is 13.0 Å². The van der Waals surface area contributed by atoms with E-state index in [2.05, 4.69) is 70.5 Å². The second kappa shape index (κ2) is 10.3. The van der Waals surface area contributed by atoms with Crippen LogP contribution in [0.1, 0.15) is 54.1 Å². The Labute approximate surface area is 178 Å². The van der Waals surface area contributed by atoms with Gasteiger partial charge in [0.25, 0.3) is 0 Å². The molecule has 0 amide bonds. The molecule has 150 valence electrons. The molecule has 5 heteroatoms. The van der Waals surface area contributed by atoms with Gasteiger partial charge in [0.2, 0.25) is 0 Å². The van der Waals surface area contributed by atoms with Gasteiger partial charge in [-0.15, -0.1) is 0 Å². The van der Waals surface area contributed by atoms with Crippen LogP contribution < -0.4 is 8.61 Å². The van der Waals surface area contributed by atoms with Gasteiger partial charge in [-0.25, -0.2) is 0 Å². The van der Waals surface area contributed by atoms with Gasteiger partial charge in [-0.1, -0.05) is 43.7 Å². The van der Waals surface area contributed by atoms with Gasteiger partial charge in [0, 0.05) is 37.6 Å². The highest BCUT2D eigenvalue weighted by Gasteiger charge is 2.25. The van der Waals surface area contributed by atoms with E-state index in [4.69, 9.17) is 0 Å². The summed E-state index contributed by atoms with van der Waals surface area (Å²) >= 11 is 3.40. The van der Waals surface area contributed by atoms with Crippen molar-refractivity contribution in [3.8, 4) is 0 Å². The monoisotopic (exact) mass is 414 g/mol. The summed E-state index contributed by atoms with van der Waals surface area (Å²) in [4.78, 5) is 15.3. The zero-order valence-electron chi connectivity index (χ0n) is 17.1. The van der Waals surface area contributed by atoms with E-state index in [1.807, 2.05) is 0 Å². The molecule has 0 aromatic heterocycles. The lowest BCUT2D eigenvalue weighted by atomic mass is 9.94. The van der Waals surface area contributed by atoms with Crippen molar-refractivity contribution in [1.82, 2.24) is 0 Å². The zero-order chi connectivity index (χ0) is 19.9. The summed E-state index contributed by atoms with van der Waals surface area (Å²) in [6, 6.07) is 14.9. The Morgan fingerprint density at radius 1 is 1.14 bits per heavy atom. The fraction of sp³-hybridized carbons (Fsp3) is 0.435. The molecule has 0 bridgehead atoms. The Morgan fingerprint density at radius 2 is 1.89 bits per heavy atom. The molecule has 0 unspecified atom stereocenters.